The van der Waals surface area contributed by atoms with E-state index in [0.29, 0.717) is 11.5 Å². The number of hydrogen-bond donors (Lipinski definition) is 0. The lowest BCUT2D eigenvalue weighted by Gasteiger charge is -2.03. The summed E-state index contributed by atoms with van der Waals surface area (Å²) in [6.07, 6.45) is 0. The highest BCUT2D eigenvalue weighted by Crippen LogP contribution is 2.29. The maximum absolute atomic E-state index is 12.7. The third-order valence-electron chi connectivity index (χ3n) is 3.93. The number of carbonyl (C=O) groups excluding carboxylic acids is 1. The Bertz CT molecular complexity index is 1070. The third-order valence-corrected chi connectivity index (χ3v) is 4.68. The fourth-order valence-corrected chi connectivity index (χ4v) is 3.29. The number of benzene rings is 3. The van der Waals surface area contributed by atoms with Gasteiger partial charge in [0.25, 0.3) is 5.22 Å². The van der Waals surface area contributed by atoms with Crippen LogP contribution in [0.4, 0.5) is 0 Å². The Kier molecular flexibility index (Phi) is 4.41. The van der Waals surface area contributed by atoms with Crippen molar-refractivity contribution in [2.24, 2.45) is 0 Å². The molecule has 0 atom stereocenters. The second-order valence-electron chi connectivity index (χ2n) is 5.52. The molecule has 0 fully saturated rings. The van der Waals surface area contributed by atoms with E-state index in [4.69, 9.17) is 9.15 Å². The highest BCUT2D eigenvalue weighted by molar-refractivity contribution is 8.14. The van der Waals surface area contributed by atoms with Gasteiger partial charge in [0.1, 0.15) is 5.75 Å². The fraction of sp³-hybridized carbons (Fsp3) is 0.0500. The van der Waals surface area contributed by atoms with E-state index in [2.05, 4.69) is 10.2 Å². The lowest BCUT2D eigenvalue weighted by atomic mass is 10.1. The summed E-state index contributed by atoms with van der Waals surface area (Å²) in [5.74, 6) is 1.11. The zero-order valence-corrected chi connectivity index (χ0v) is 14.7. The van der Waals surface area contributed by atoms with Crippen LogP contribution in [0.5, 0.6) is 5.75 Å². The van der Waals surface area contributed by atoms with E-state index in [1.807, 2.05) is 60.7 Å². The molecule has 0 saturated heterocycles. The first kappa shape index (κ1) is 16.4. The van der Waals surface area contributed by atoms with Gasteiger partial charge >= 0.3 is 0 Å². The van der Waals surface area contributed by atoms with Crippen LogP contribution in [0.25, 0.3) is 22.2 Å². The highest BCUT2D eigenvalue weighted by Gasteiger charge is 2.16. The molecule has 26 heavy (non-hydrogen) atoms. The van der Waals surface area contributed by atoms with Crippen molar-refractivity contribution >= 4 is 27.6 Å². The van der Waals surface area contributed by atoms with E-state index >= 15 is 0 Å². The fourth-order valence-electron chi connectivity index (χ4n) is 2.64. The van der Waals surface area contributed by atoms with E-state index in [1.54, 1.807) is 13.2 Å². The number of aromatic nitrogens is 2. The Hall–Kier alpha value is -3.12. The van der Waals surface area contributed by atoms with E-state index in [9.17, 15) is 4.79 Å². The van der Waals surface area contributed by atoms with Gasteiger partial charge in [-0.05, 0) is 41.1 Å². The minimum Gasteiger partial charge on any atom is -0.497 e. The van der Waals surface area contributed by atoms with Crippen LogP contribution in [0.15, 0.2) is 76.4 Å². The zero-order valence-electron chi connectivity index (χ0n) is 13.9. The second-order valence-corrected chi connectivity index (χ2v) is 6.44. The predicted molar refractivity (Wildman–Crippen MR) is 100 cm³/mol. The highest BCUT2D eigenvalue weighted by atomic mass is 32.2. The summed E-state index contributed by atoms with van der Waals surface area (Å²) in [7, 11) is 1.61. The molecule has 5 nitrogen and oxygen atoms in total. The molecule has 4 rings (SSSR count). The van der Waals surface area contributed by atoms with Gasteiger partial charge in [-0.15, -0.1) is 10.2 Å². The SMILES string of the molecule is COc1ccc(-c2nnc(SC(=O)c3cccc4ccccc34)o2)cc1. The molecule has 4 aromatic rings. The number of ether oxygens (including phenoxy) is 1. The van der Waals surface area contributed by atoms with E-state index in [-0.39, 0.29) is 10.3 Å². The van der Waals surface area contributed by atoms with Gasteiger partial charge < -0.3 is 9.15 Å². The number of thioether (sulfide) groups is 1. The Morgan fingerprint density at radius 1 is 0.962 bits per heavy atom. The Morgan fingerprint density at radius 2 is 1.73 bits per heavy atom. The largest absolute Gasteiger partial charge is 0.497 e. The monoisotopic (exact) mass is 362 g/mol. The summed E-state index contributed by atoms with van der Waals surface area (Å²) >= 11 is 0.931. The van der Waals surface area contributed by atoms with Crippen molar-refractivity contribution in [2.45, 2.75) is 5.22 Å². The first-order chi connectivity index (χ1) is 12.7. The van der Waals surface area contributed by atoms with Crippen LogP contribution in [0, 0.1) is 0 Å². The Labute approximate surface area is 154 Å². The van der Waals surface area contributed by atoms with Gasteiger partial charge in [0, 0.05) is 22.9 Å². The van der Waals surface area contributed by atoms with Gasteiger partial charge in [-0.2, -0.15) is 0 Å². The van der Waals surface area contributed by atoms with Crippen molar-refractivity contribution in [3.05, 3.63) is 72.3 Å². The Balaban J connectivity index is 1.57. The van der Waals surface area contributed by atoms with Crippen molar-refractivity contribution in [1.82, 2.24) is 10.2 Å². The molecular formula is C20H14N2O3S. The molecule has 0 radical (unpaired) electrons. The van der Waals surface area contributed by atoms with Crippen LogP contribution in [-0.4, -0.2) is 22.4 Å². The van der Waals surface area contributed by atoms with Crippen molar-refractivity contribution in [2.75, 3.05) is 7.11 Å². The third kappa shape index (κ3) is 3.19. The lowest BCUT2D eigenvalue weighted by molar-refractivity contribution is 0.108. The minimum absolute atomic E-state index is 0.133. The van der Waals surface area contributed by atoms with Crippen LogP contribution < -0.4 is 4.74 Å². The molecule has 0 aliphatic rings. The predicted octanol–water partition coefficient (Wildman–Crippen LogP) is 4.83. The zero-order chi connectivity index (χ0) is 17.9. The molecule has 0 N–H and O–H groups in total. The maximum Gasteiger partial charge on any atom is 0.284 e. The molecular weight excluding hydrogens is 348 g/mol. The molecule has 6 heteroatoms. The molecule has 0 saturated carbocycles. The quantitative estimate of drug-likeness (QED) is 0.485. The molecule has 128 valence electrons. The number of nitrogens with zero attached hydrogens (tertiary/aromatic N) is 2. The van der Waals surface area contributed by atoms with E-state index in [0.717, 1.165) is 33.8 Å². The summed E-state index contributed by atoms with van der Waals surface area (Å²) in [4.78, 5) is 12.7. The molecule has 0 unspecified atom stereocenters. The molecule has 0 amide bonds. The summed E-state index contributed by atoms with van der Waals surface area (Å²) in [5, 5.41) is 10.0. The van der Waals surface area contributed by atoms with Gasteiger partial charge in [-0.1, -0.05) is 36.4 Å². The average Bonchev–Trinajstić information content (AvgIpc) is 3.16. The standard InChI is InChI=1S/C20H14N2O3S/c1-24-15-11-9-14(10-12-15)18-21-22-20(25-18)26-19(23)17-8-4-6-13-5-2-3-7-16(13)17/h2-12H,1H3. The van der Waals surface area contributed by atoms with Gasteiger partial charge in [-0.3, -0.25) is 4.79 Å². The number of carbonyl (C=O) groups is 1. The Morgan fingerprint density at radius 3 is 2.54 bits per heavy atom. The summed E-state index contributed by atoms with van der Waals surface area (Å²) < 4.78 is 10.8. The molecule has 0 aliphatic carbocycles. The molecule has 1 heterocycles. The van der Waals surface area contributed by atoms with Crippen molar-refractivity contribution in [1.29, 1.82) is 0 Å². The summed E-state index contributed by atoms with van der Waals surface area (Å²) in [5.41, 5.74) is 1.39. The van der Waals surface area contributed by atoms with Crippen molar-refractivity contribution in [3.8, 4) is 17.2 Å². The van der Waals surface area contributed by atoms with Gasteiger partial charge in [-0.25, -0.2) is 0 Å². The van der Waals surface area contributed by atoms with E-state index in [1.165, 1.54) is 0 Å². The average molecular weight is 362 g/mol. The lowest BCUT2D eigenvalue weighted by Crippen LogP contribution is -1.94. The van der Waals surface area contributed by atoms with Crippen LogP contribution >= 0.6 is 11.8 Å². The smallest absolute Gasteiger partial charge is 0.284 e. The maximum atomic E-state index is 12.7. The van der Waals surface area contributed by atoms with Crippen molar-refractivity contribution in [3.63, 3.8) is 0 Å². The number of hydrogen-bond acceptors (Lipinski definition) is 6. The van der Waals surface area contributed by atoms with Crippen molar-refractivity contribution < 1.29 is 13.9 Å². The number of methoxy groups -OCH3 is 1. The summed E-state index contributed by atoms with van der Waals surface area (Å²) in [6, 6.07) is 20.7. The number of rotatable bonds is 4. The van der Waals surface area contributed by atoms with Gasteiger partial charge in [0.05, 0.1) is 7.11 Å². The first-order valence-electron chi connectivity index (χ1n) is 7.92. The van der Waals surface area contributed by atoms with Crippen LogP contribution in [-0.2, 0) is 0 Å². The minimum atomic E-state index is -0.133. The molecule has 3 aromatic carbocycles. The van der Waals surface area contributed by atoms with Gasteiger partial charge in [0.15, 0.2) is 0 Å². The van der Waals surface area contributed by atoms with Gasteiger partial charge in [0.2, 0.25) is 11.0 Å². The molecule has 0 spiro atoms. The molecule has 0 aliphatic heterocycles. The second kappa shape index (κ2) is 7.01. The molecule has 0 bridgehead atoms. The topological polar surface area (TPSA) is 65.2 Å². The van der Waals surface area contributed by atoms with Crippen LogP contribution in [0.1, 0.15) is 10.4 Å². The normalized spacial score (nSPS) is 10.8. The van der Waals surface area contributed by atoms with E-state index < -0.39 is 0 Å². The van der Waals surface area contributed by atoms with Crippen LogP contribution in [0.2, 0.25) is 0 Å². The first-order valence-corrected chi connectivity index (χ1v) is 8.74. The molecule has 1 aromatic heterocycles. The van der Waals surface area contributed by atoms with Crippen LogP contribution in [0.3, 0.4) is 0 Å². The number of fused-ring (bicyclic) bond motifs is 1. The summed E-state index contributed by atoms with van der Waals surface area (Å²) in [6.45, 7) is 0.